The second kappa shape index (κ2) is 21.5. The summed E-state index contributed by atoms with van der Waals surface area (Å²) in [6, 6.07) is -0.315. The summed E-state index contributed by atoms with van der Waals surface area (Å²) in [5, 5.41) is 58.0. The van der Waals surface area contributed by atoms with Crippen LogP contribution in [0, 0.1) is 24.7 Å². The minimum Gasteiger partial charge on any atom is -0.507 e. The zero-order valence-corrected chi connectivity index (χ0v) is 34.8. The highest BCUT2D eigenvalue weighted by Gasteiger charge is 2.39. The zero-order valence-electron chi connectivity index (χ0n) is 34.0. The maximum atomic E-state index is 14.4. The molecule has 7 N–H and O–H groups in total. The molecule has 3 aliphatic rings. The number of nitrogens with one attached hydrogen (secondary N) is 2. The van der Waals surface area contributed by atoms with Gasteiger partial charge in [0.1, 0.15) is 17.5 Å². The van der Waals surface area contributed by atoms with Crippen LogP contribution in [0.3, 0.4) is 0 Å². The number of hydrogen-bond acceptors (Lipinski definition) is 12. The van der Waals surface area contributed by atoms with E-state index in [0.717, 1.165) is 13.0 Å². The van der Waals surface area contributed by atoms with Crippen LogP contribution in [0.2, 0.25) is 0 Å². The number of ketones is 4. The van der Waals surface area contributed by atoms with E-state index >= 15 is 0 Å². The molecule has 7 atom stereocenters. The quantitative estimate of drug-likeness (QED) is 0.204. The number of aromatic hydroxyl groups is 1. The highest BCUT2D eigenvalue weighted by Crippen LogP contribution is 2.40. The number of Topliss-reactive ketones (excluding diaryl/α,β-unsaturated/α-hetero) is 4. The Bertz CT molecular complexity index is 2090. The number of amides is 2. The second-order valence-corrected chi connectivity index (χ2v) is 15.8. The van der Waals surface area contributed by atoms with E-state index in [-0.39, 0.29) is 35.3 Å². The molecule has 0 fully saturated rings. The molecule has 2 aliphatic heterocycles. The fraction of sp³-hybridized carbons (Fsp3) is 0.386. The number of fused-ring (bicyclic) bond motifs is 18. The molecule has 1 aliphatic carbocycles. The van der Waals surface area contributed by atoms with Crippen LogP contribution in [0.5, 0.6) is 5.75 Å². The number of aliphatic carboxylic acids is 1. The van der Waals surface area contributed by atoms with Crippen molar-refractivity contribution in [3.63, 3.8) is 0 Å². The lowest BCUT2D eigenvalue weighted by molar-refractivity contribution is -0.140. The van der Waals surface area contributed by atoms with Crippen LogP contribution in [0.1, 0.15) is 91.0 Å². The van der Waals surface area contributed by atoms with E-state index in [0.29, 0.717) is 17.3 Å². The van der Waals surface area contributed by atoms with E-state index in [1.165, 1.54) is 44.2 Å². The first-order valence-electron chi connectivity index (χ1n) is 19.0. The molecule has 15 heteroatoms. The molecule has 0 aromatic heterocycles. The van der Waals surface area contributed by atoms with E-state index in [9.17, 15) is 59.1 Å². The minimum atomic E-state index is -1.52. The van der Waals surface area contributed by atoms with Gasteiger partial charge in [0.2, 0.25) is 23.4 Å². The number of aliphatic hydroxyl groups is 3. The van der Waals surface area contributed by atoms with E-state index in [2.05, 4.69) is 10.6 Å². The van der Waals surface area contributed by atoms with Crippen molar-refractivity contribution in [3.05, 3.63) is 111 Å². The summed E-state index contributed by atoms with van der Waals surface area (Å²) in [7, 11) is 0. The third kappa shape index (κ3) is 12.8. The van der Waals surface area contributed by atoms with Crippen molar-refractivity contribution < 1.29 is 59.1 Å². The van der Waals surface area contributed by atoms with Gasteiger partial charge in [-0.1, -0.05) is 75.5 Å². The lowest BCUT2D eigenvalue weighted by atomic mass is 9.83. The molecule has 316 valence electrons. The van der Waals surface area contributed by atoms with Crippen LogP contribution in [-0.2, 0) is 19.2 Å². The van der Waals surface area contributed by atoms with Gasteiger partial charge in [0, 0.05) is 54.1 Å². The van der Waals surface area contributed by atoms with Gasteiger partial charge in [0.05, 0.1) is 28.8 Å². The van der Waals surface area contributed by atoms with Crippen LogP contribution in [0.25, 0.3) is 0 Å². The molecule has 2 heterocycles. The number of carbonyl (C=O) groups is 7. The van der Waals surface area contributed by atoms with Crippen LogP contribution in [0.15, 0.2) is 88.6 Å². The van der Waals surface area contributed by atoms with Gasteiger partial charge in [0.15, 0.2) is 11.6 Å². The van der Waals surface area contributed by atoms with Crippen molar-refractivity contribution in [3.8, 4) is 5.75 Å². The number of carboxylic acid groups (broad SMARTS) is 1. The minimum absolute atomic E-state index is 0.00628. The van der Waals surface area contributed by atoms with Gasteiger partial charge in [0.25, 0.3) is 0 Å². The highest BCUT2D eigenvalue weighted by atomic mass is 32.2. The number of carboxylic acids is 1. The SMILES string of the molecule is CC(=O)NC(CSC1=C2NC(=O)/C=C/C=C\C=C/[C@H](C)[C@@H](O)CC(=O)/C(C)=C/C[C@H](O)/C=C\[C@H](C)[C@H](O)[C@@H](C)/C=C(\C)C(=O)c3c(O)c(C)cc(c3C1=O)C2=O)C(=O)O. The maximum absolute atomic E-state index is 14.4. The molecule has 14 nitrogen and oxygen atoms in total. The molecule has 1 aromatic carbocycles. The van der Waals surface area contributed by atoms with Gasteiger partial charge in [-0.2, -0.15) is 0 Å². The van der Waals surface area contributed by atoms with Gasteiger partial charge in [-0.15, -0.1) is 11.8 Å². The fourth-order valence-corrected chi connectivity index (χ4v) is 7.32. The average Bonchev–Trinajstić information content (AvgIpc) is 3.17. The Kier molecular flexibility index (Phi) is 17.5. The Morgan fingerprint density at radius 2 is 1.51 bits per heavy atom. The average molecular weight is 833 g/mol. The largest absolute Gasteiger partial charge is 0.507 e. The number of aryl methyl sites for hydroxylation is 1. The number of phenolic OH excluding ortho intramolecular Hbond substituents is 1. The smallest absolute Gasteiger partial charge is 0.327 e. The third-order valence-electron chi connectivity index (χ3n) is 9.86. The van der Waals surface area contributed by atoms with E-state index < -0.39 is 110 Å². The summed E-state index contributed by atoms with van der Waals surface area (Å²) >= 11 is 0.556. The number of allylic oxidation sites excluding steroid dienone is 8. The number of hydrogen-bond donors (Lipinski definition) is 7. The number of thioether (sulfide) groups is 1. The first kappa shape index (κ1) is 47.9. The summed E-state index contributed by atoms with van der Waals surface area (Å²) in [6.45, 7) is 10.6. The van der Waals surface area contributed by atoms with Crippen molar-refractivity contribution in [1.29, 1.82) is 0 Å². The fourth-order valence-electron chi connectivity index (χ4n) is 6.24. The van der Waals surface area contributed by atoms with Crippen molar-refractivity contribution >= 4 is 52.7 Å². The van der Waals surface area contributed by atoms with E-state index in [1.807, 2.05) is 0 Å². The Balaban J connectivity index is 2.19. The number of phenols is 1. The summed E-state index contributed by atoms with van der Waals surface area (Å²) in [5.74, 6) is -8.71. The standard InChI is InChI=1S/C44H52N2O12S/c1-22-12-10-8-9-11-13-34(51)46-37-41(55)30-19-27(6)40(54)36(35(30)42(56)43(37)59-21-31(44(57)58)45-28(7)47)39(53)26(5)18-25(4)38(52)24(3)15-17-29(48)16-14-23(2)33(50)20-32(22)49/h8-15,17-19,22,24-25,29,31-32,38,48-49,52,54H,16,20-21H2,1-7H3,(H,45,47)(H,46,51)(H,57,58)/b9-8-,12-10-,13-11+,17-15-,23-14+,26-18+/t22-,24-,25-,29-,31?,32-,38-/m0/s1. The molecule has 0 radical (unpaired) electrons. The molecular formula is C44H52N2O12S. The number of benzene rings is 1. The predicted octanol–water partition coefficient (Wildman–Crippen LogP) is 4.38. The zero-order chi connectivity index (χ0) is 44.3. The Morgan fingerprint density at radius 1 is 0.847 bits per heavy atom. The van der Waals surface area contributed by atoms with Crippen LogP contribution >= 0.6 is 11.8 Å². The van der Waals surface area contributed by atoms with Crippen molar-refractivity contribution in [2.24, 2.45) is 17.8 Å². The predicted molar refractivity (Wildman–Crippen MR) is 223 cm³/mol. The first-order valence-corrected chi connectivity index (χ1v) is 20.0. The summed E-state index contributed by atoms with van der Waals surface area (Å²) in [4.78, 5) is 92.0. The second-order valence-electron chi connectivity index (χ2n) is 14.7. The van der Waals surface area contributed by atoms with Crippen molar-refractivity contribution in [2.45, 2.75) is 85.7 Å². The number of carbonyl (C=O) groups excluding carboxylic acids is 6. The van der Waals surface area contributed by atoms with Crippen LogP contribution in [0.4, 0.5) is 0 Å². The van der Waals surface area contributed by atoms with Gasteiger partial charge in [-0.05, 0) is 50.0 Å². The van der Waals surface area contributed by atoms with Gasteiger partial charge in [-0.3, -0.25) is 28.8 Å². The summed E-state index contributed by atoms with van der Waals surface area (Å²) in [6.07, 6.45) is 11.6. The van der Waals surface area contributed by atoms with Crippen LogP contribution < -0.4 is 10.6 Å². The lowest BCUT2D eigenvalue weighted by Gasteiger charge is -2.25. The highest BCUT2D eigenvalue weighted by molar-refractivity contribution is 8.04. The molecule has 4 rings (SSSR count). The van der Waals surface area contributed by atoms with Gasteiger partial charge >= 0.3 is 5.97 Å². The molecule has 2 amide bonds. The van der Waals surface area contributed by atoms with Crippen molar-refractivity contribution in [1.82, 2.24) is 10.6 Å². The Hall–Kier alpha value is -5.48. The Morgan fingerprint density at radius 3 is 2.15 bits per heavy atom. The molecule has 0 saturated heterocycles. The van der Waals surface area contributed by atoms with E-state index in [4.69, 9.17) is 0 Å². The van der Waals surface area contributed by atoms with Crippen LogP contribution in [-0.4, -0.2) is 96.6 Å². The van der Waals surface area contributed by atoms with Gasteiger partial charge < -0.3 is 36.2 Å². The molecule has 4 bridgehead atoms. The van der Waals surface area contributed by atoms with Gasteiger partial charge in [-0.25, -0.2) is 4.79 Å². The summed E-state index contributed by atoms with van der Waals surface area (Å²) < 4.78 is 0. The lowest BCUT2D eigenvalue weighted by Crippen LogP contribution is -2.42. The molecule has 1 unspecified atom stereocenters. The topological polar surface area (TPSA) is 245 Å². The molecule has 1 aromatic rings. The molecular weight excluding hydrogens is 781 g/mol. The first-order chi connectivity index (χ1) is 27.7. The number of aliphatic hydroxyl groups excluding tert-OH is 3. The maximum Gasteiger partial charge on any atom is 0.327 e. The third-order valence-corrected chi connectivity index (χ3v) is 11.0. The molecule has 0 spiro atoms. The Labute approximate surface area is 347 Å². The molecule has 0 saturated carbocycles. The van der Waals surface area contributed by atoms with Crippen molar-refractivity contribution in [2.75, 3.05) is 5.75 Å². The normalized spacial score (nSPS) is 28.7. The van der Waals surface area contributed by atoms with E-state index in [1.54, 1.807) is 58.1 Å². The monoisotopic (exact) mass is 832 g/mol. The number of rotatable bonds is 5. The summed E-state index contributed by atoms with van der Waals surface area (Å²) in [5.41, 5.74) is -1.35. The molecule has 59 heavy (non-hydrogen) atoms.